The first kappa shape index (κ1) is 17.9. The van der Waals surface area contributed by atoms with Crippen LogP contribution in [0.1, 0.15) is 39.5 Å². The summed E-state index contributed by atoms with van der Waals surface area (Å²) in [5, 5.41) is 11.1. The Labute approximate surface area is 111 Å². The van der Waals surface area contributed by atoms with Crippen molar-refractivity contribution in [2.75, 3.05) is 39.6 Å². The summed E-state index contributed by atoms with van der Waals surface area (Å²) >= 11 is 0. The van der Waals surface area contributed by atoms with Crippen LogP contribution in [0.3, 0.4) is 0 Å². The average Bonchev–Trinajstić information content (AvgIpc) is 2.38. The van der Waals surface area contributed by atoms with E-state index in [1.165, 1.54) is 0 Å². The van der Waals surface area contributed by atoms with Crippen LogP contribution in [-0.4, -0.2) is 47.0 Å². The highest BCUT2D eigenvalue weighted by Crippen LogP contribution is 1.91. The third kappa shape index (κ3) is 13.9. The van der Waals surface area contributed by atoms with E-state index in [4.69, 9.17) is 18.8 Å². The van der Waals surface area contributed by atoms with Crippen molar-refractivity contribution < 1.29 is 23.8 Å². The monoisotopic (exact) mass is 261 g/mol. The van der Waals surface area contributed by atoms with Crippen LogP contribution in [0.2, 0.25) is 0 Å². The topological polar surface area (TPSA) is 56.8 Å². The SMILES string of the molecule is CCCCOCCOB([O])OCCOCCCC. The average molecular weight is 261 g/mol. The highest BCUT2D eigenvalue weighted by molar-refractivity contribution is 6.34. The van der Waals surface area contributed by atoms with Crippen LogP contribution in [0.4, 0.5) is 0 Å². The van der Waals surface area contributed by atoms with Gasteiger partial charge in [-0.05, 0) is 12.8 Å². The van der Waals surface area contributed by atoms with Crippen molar-refractivity contribution in [3.05, 3.63) is 0 Å². The molecule has 0 spiro atoms. The molecule has 6 heteroatoms. The van der Waals surface area contributed by atoms with Crippen LogP contribution in [-0.2, 0) is 23.8 Å². The molecule has 0 aromatic carbocycles. The van der Waals surface area contributed by atoms with E-state index < -0.39 is 7.32 Å². The van der Waals surface area contributed by atoms with Crippen molar-refractivity contribution in [2.45, 2.75) is 39.5 Å². The molecule has 0 unspecified atom stereocenters. The summed E-state index contributed by atoms with van der Waals surface area (Å²) < 4.78 is 20.3. The smallest absolute Gasteiger partial charge is 0.382 e. The highest BCUT2D eigenvalue weighted by atomic mass is 16.7. The van der Waals surface area contributed by atoms with E-state index in [1.54, 1.807) is 0 Å². The third-order valence-electron chi connectivity index (χ3n) is 2.25. The molecule has 0 heterocycles. The van der Waals surface area contributed by atoms with Gasteiger partial charge in [-0.3, -0.25) is 0 Å². The maximum absolute atomic E-state index is 11.1. The Hall–Kier alpha value is -0.135. The van der Waals surface area contributed by atoms with Gasteiger partial charge in [0.15, 0.2) is 0 Å². The van der Waals surface area contributed by atoms with E-state index in [9.17, 15) is 5.02 Å². The molecule has 0 bridgehead atoms. The molecule has 0 N–H and O–H groups in total. The lowest BCUT2D eigenvalue weighted by Gasteiger charge is -2.08. The lowest BCUT2D eigenvalue weighted by atomic mass is 10.2. The van der Waals surface area contributed by atoms with Gasteiger partial charge in [0.2, 0.25) is 0 Å². The van der Waals surface area contributed by atoms with Crippen LogP contribution in [0.5, 0.6) is 0 Å². The number of rotatable bonds is 14. The van der Waals surface area contributed by atoms with Crippen molar-refractivity contribution in [3.8, 4) is 0 Å². The second-order valence-corrected chi connectivity index (χ2v) is 3.96. The van der Waals surface area contributed by atoms with E-state index in [1.807, 2.05) is 0 Å². The standard InChI is InChI=1S/C12H26BO5/c1-3-5-7-15-9-11-17-13(14)18-12-10-16-8-6-4-2/h3-12H2,1-2H3. The molecule has 0 aliphatic heterocycles. The third-order valence-corrected chi connectivity index (χ3v) is 2.25. The van der Waals surface area contributed by atoms with Crippen molar-refractivity contribution >= 4 is 7.32 Å². The van der Waals surface area contributed by atoms with Gasteiger partial charge in [0, 0.05) is 13.2 Å². The second kappa shape index (κ2) is 14.9. The Balaban J connectivity index is 3.10. The Bertz CT molecular complexity index is 143. The molecule has 0 aromatic rings. The molecule has 18 heavy (non-hydrogen) atoms. The molecule has 0 amide bonds. The fourth-order valence-electron chi connectivity index (χ4n) is 1.15. The minimum Gasteiger partial charge on any atom is -0.382 e. The van der Waals surface area contributed by atoms with Crippen molar-refractivity contribution in [3.63, 3.8) is 0 Å². The van der Waals surface area contributed by atoms with Gasteiger partial charge in [-0.2, -0.15) is 0 Å². The molecular weight excluding hydrogens is 235 g/mol. The van der Waals surface area contributed by atoms with E-state index >= 15 is 0 Å². The predicted molar refractivity (Wildman–Crippen MR) is 69.8 cm³/mol. The van der Waals surface area contributed by atoms with E-state index in [-0.39, 0.29) is 13.2 Å². The Morgan fingerprint density at radius 3 is 1.56 bits per heavy atom. The van der Waals surface area contributed by atoms with Gasteiger partial charge in [0.05, 0.1) is 26.4 Å². The first-order chi connectivity index (χ1) is 8.81. The number of hydrogen-bond donors (Lipinski definition) is 0. The molecule has 0 aromatic heterocycles. The molecule has 0 fully saturated rings. The first-order valence-corrected chi connectivity index (χ1v) is 6.85. The van der Waals surface area contributed by atoms with Crippen molar-refractivity contribution in [1.82, 2.24) is 0 Å². The van der Waals surface area contributed by atoms with Crippen LogP contribution >= 0.6 is 0 Å². The zero-order chi connectivity index (χ0) is 13.5. The molecule has 0 aliphatic rings. The van der Waals surface area contributed by atoms with Crippen LogP contribution in [0, 0.1) is 0 Å². The summed E-state index contributed by atoms with van der Waals surface area (Å²) in [6.45, 7) is 7.06. The fourth-order valence-corrected chi connectivity index (χ4v) is 1.15. The zero-order valence-electron chi connectivity index (χ0n) is 11.7. The largest absolute Gasteiger partial charge is 0.667 e. The molecule has 5 nitrogen and oxygen atoms in total. The van der Waals surface area contributed by atoms with Crippen LogP contribution < -0.4 is 0 Å². The molecule has 107 valence electrons. The highest BCUT2D eigenvalue weighted by Gasteiger charge is 2.17. The van der Waals surface area contributed by atoms with Gasteiger partial charge >= 0.3 is 7.32 Å². The van der Waals surface area contributed by atoms with E-state index in [2.05, 4.69) is 13.8 Å². The van der Waals surface area contributed by atoms with Gasteiger partial charge < -0.3 is 18.8 Å². The molecule has 1 radical (unpaired) electrons. The first-order valence-electron chi connectivity index (χ1n) is 6.85. The predicted octanol–water partition coefficient (Wildman–Crippen LogP) is 2.07. The summed E-state index contributed by atoms with van der Waals surface area (Å²) in [6, 6.07) is 0. The Morgan fingerprint density at radius 2 is 1.17 bits per heavy atom. The van der Waals surface area contributed by atoms with Crippen LogP contribution in [0.15, 0.2) is 0 Å². The van der Waals surface area contributed by atoms with Crippen molar-refractivity contribution in [1.29, 1.82) is 0 Å². The summed E-state index contributed by atoms with van der Waals surface area (Å²) in [7, 11) is -1.44. The Kier molecular flexibility index (Phi) is 14.8. The molecule has 0 rings (SSSR count). The Morgan fingerprint density at radius 1 is 0.722 bits per heavy atom. The normalized spacial score (nSPS) is 10.8. The summed E-state index contributed by atoms with van der Waals surface area (Å²) in [6.07, 6.45) is 4.27. The maximum atomic E-state index is 11.1. The maximum Gasteiger partial charge on any atom is 0.667 e. The van der Waals surface area contributed by atoms with Gasteiger partial charge in [0.1, 0.15) is 0 Å². The molecular formula is C12H26BO5. The molecule has 0 saturated heterocycles. The zero-order valence-corrected chi connectivity index (χ0v) is 11.7. The van der Waals surface area contributed by atoms with Gasteiger partial charge in [-0.25, -0.2) is 5.02 Å². The minimum absolute atomic E-state index is 0.272. The molecule has 0 aliphatic carbocycles. The van der Waals surface area contributed by atoms with Gasteiger partial charge in [-0.15, -0.1) is 0 Å². The van der Waals surface area contributed by atoms with E-state index in [0.717, 1.165) is 38.9 Å². The molecule has 0 saturated carbocycles. The summed E-state index contributed by atoms with van der Waals surface area (Å²) in [5.41, 5.74) is 0. The fraction of sp³-hybridized carbons (Fsp3) is 1.00. The van der Waals surface area contributed by atoms with Gasteiger partial charge in [0.25, 0.3) is 0 Å². The summed E-state index contributed by atoms with van der Waals surface area (Å²) in [5.74, 6) is 0. The van der Waals surface area contributed by atoms with Crippen molar-refractivity contribution in [2.24, 2.45) is 0 Å². The molecule has 0 atom stereocenters. The van der Waals surface area contributed by atoms with E-state index in [0.29, 0.717) is 13.2 Å². The second-order valence-electron chi connectivity index (χ2n) is 3.96. The summed E-state index contributed by atoms with van der Waals surface area (Å²) in [4.78, 5) is 0. The number of unbranched alkanes of at least 4 members (excludes halogenated alkanes) is 2. The minimum atomic E-state index is -1.44. The van der Waals surface area contributed by atoms with Crippen LogP contribution in [0.25, 0.3) is 0 Å². The quantitative estimate of drug-likeness (QED) is 0.355. The number of hydrogen-bond acceptors (Lipinski definition) is 4. The lowest BCUT2D eigenvalue weighted by molar-refractivity contribution is 0.0373. The lowest BCUT2D eigenvalue weighted by Crippen LogP contribution is -2.25. The van der Waals surface area contributed by atoms with Gasteiger partial charge in [-0.1, -0.05) is 26.7 Å². The number of ether oxygens (including phenoxy) is 2.